The van der Waals surface area contributed by atoms with Crippen molar-refractivity contribution >= 4 is 47.4 Å². The Labute approximate surface area is 105 Å². The molecule has 0 saturated heterocycles. The fourth-order valence-corrected chi connectivity index (χ4v) is 1.34. The summed E-state index contributed by atoms with van der Waals surface area (Å²) in [6, 6.07) is 8.68. The average molecular weight is 260 g/mol. The number of carbonyl (C=O) groups is 1. The molecule has 0 saturated carbocycles. The number of urea groups is 1. The highest BCUT2D eigenvalue weighted by Gasteiger charge is 2.01. The van der Waals surface area contributed by atoms with Gasteiger partial charge in [-0.3, -0.25) is 4.98 Å². The van der Waals surface area contributed by atoms with Gasteiger partial charge in [-0.25, -0.2) is 4.79 Å². The number of anilines is 1. The Kier molecular flexibility index (Phi) is 5.56. The van der Waals surface area contributed by atoms with Crippen LogP contribution in [-0.2, 0) is 0 Å². The molecule has 3 N–H and O–H groups in total. The molecule has 6 heteroatoms. The van der Waals surface area contributed by atoms with Gasteiger partial charge in [-0.15, -0.1) is 24.8 Å². The lowest BCUT2D eigenvalue weighted by molar-refractivity contribution is 0.259. The number of pyridine rings is 1. The lowest BCUT2D eigenvalue weighted by atomic mass is 10.2. The summed E-state index contributed by atoms with van der Waals surface area (Å²) in [5, 5.41) is 3.43. The summed E-state index contributed by atoms with van der Waals surface area (Å²) in [6.07, 6.45) is 1.63. The largest absolute Gasteiger partial charge is 0.351 e. The molecular formula is C10H11Cl2N3O. The number of primary amides is 1. The Morgan fingerprint density at radius 1 is 1.19 bits per heavy atom. The second-order valence-corrected chi connectivity index (χ2v) is 2.86. The van der Waals surface area contributed by atoms with Crippen LogP contribution >= 0.6 is 24.8 Å². The molecule has 2 rings (SSSR count). The van der Waals surface area contributed by atoms with Crippen LogP contribution in [0.15, 0.2) is 36.5 Å². The fraction of sp³-hybridized carbons (Fsp3) is 0. The number of hydrogen-bond donors (Lipinski definition) is 2. The van der Waals surface area contributed by atoms with Crippen molar-refractivity contribution < 1.29 is 4.79 Å². The Balaban J connectivity index is 0.00000112. The van der Waals surface area contributed by atoms with Crippen molar-refractivity contribution in [1.82, 2.24) is 4.98 Å². The maximum Gasteiger partial charge on any atom is 0.316 e. The molecule has 0 aliphatic heterocycles. The highest BCUT2D eigenvalue weighted by Crippen LogP contribution is 2.20. The van der Waals surface area contributed by atoms with E-state index in [9.17, 15) is 4.79 Å². The first kappa shape index (κ1) is 14.5. The Morgan fingerprint density at radius 2 is 1.88 bits per heavy atom. The monoisotopic (exact) mass is 259 g/mol. The third-order valence-electron chi connectivity index (χ3n) is 1.91. The van der Waals surface area contributed by atoms with Crippen LogP contribution in [0.1, 0.15) is 0 Å². The van der Waals surface area contributed by atoms with Gasteiger partial charge in [-0.2, -0.15) is 0 Å². The van der Waals surface area contributed by atoms with Crippen molar-refractivity contribution in [2.24, 2.45) is 5.73 Å². The van der Waals surface area contributed by atoms with Gasteiger partial charge in [-0.1, -0.05) is 18.2 Å². The van der Waals surface area contributed by atoms with E-state index in [1.807, 2.05) is 24.3 Å². The van der Waals surface area contributed by atoms with Crippen molar-refractivity contribution in [1.29, 1.82) is 0 Å². The van der Waals surface area contributed by atoms with Gasteiger partial charge in [-0.05, 0) is 12.1 Å². The second kappa shape index (κ2) is 6.15. The third kappa shape index (κ3) is 2.98. The first-order valence-electron chi connectivity index (χ1n) is 4.17. The summed E-state index contributed by atoms with van der Waals surface area (Å²) in [6.45, 7) is 0. The highest BCUT2D eigenvalue weighted by molar-refractivity contribution is 5.99. The molecule has 2 amide bonds. The fourth-order valence-electron chi connectivity index (χ4n) is 1.34. The van der Waals surface area contributed by atoms with E-state index in [0.29, 0.717) is 5.69 Å². The summed E-state index contributed by atoms with van der Waals surface area (Å²) in [7, 11) is 0. The minimum Gasteiger partial charge on any atom is -0.351 e. The lowest BCUT2D eigenvalue weighted by Crippen LogP contribution is -2.19. The van der Waals surface area contributed by atoms with E-state index >= 15 is 0 Å². The number of carbonyl (C=O) groups excluding carboxylic acids is 1. The first-order chi connectivity index (χ1) is 6.77. The van der Waals surface area contributed by atoms with Crippen LogP contribution in [-0.4, -0.2) is 11.0 Å². The van der Waals surface area contributed by atoms with Crippen LogP contribution in [0.25, 0.3) is 10.9 Å². The van der Waals surface area contributed by atoms with Crippen molar-refractivity contribution in [3.63, 3.8) is 0 Å². The molecule has 0 bridgehead atoms. The number of nitrogens with two attached hydrogens (primary N) is 1. The Bertz CT molecular complexity index is 485. The molecule has 0 aliphatic carbocycles. The molecule has 1 aromatic heterocycles. The van der Waals surface area contributed by atoms with Crippen molar-refractivity contribution in [3.8, 4) is 0 Å². The normalized spacial score (nSPS) is 8.75. The number of fused-ring (bicyclic) bond motifs is 1. The highest BCUT2D eigenvalue weighted by atomic mass is 35.5. The number of para-hydroxylation sites is 1. The van der Waals surface area contributed by atoms with Gasteiger partial charge in [0.05, 0.1) is 11.2 Å². The van der Waals surface area contributed by atoms with Gasteiger partial charge >= 0.3 is 6.03 Å². The van der Waals surface area contributed by atoms with E-state index < -0.39 is 6.03 Å². The minimum atomic E-state index is -0.568. The van der Waals surface area contributed by atoms with Gasteiger partial charge in [0, 0.05) is 11.6 Å². The zero-order chi connectivity index (χ0) is 9.97. The maximum absolute atomic E-state index is 10.7. The Hall–Kier alpha value is -1.52. The summed E-state index contributed by atoms with van der Waals surface area (Å²) < 4.78 is 0. The first-order valence-corrected chi connectivity index (χ1v) is 4.17. The topological polar surface area (TPSA) is 68.0 Å². The second-order valence-electron chi connectivity index (χ2n) is 2.86. The van der Waals surface area contributed by atoms with E-state index in [2.05, 4.69) is 10.3 Å². The number of aromatic nitrogens is 1. The van der Waals surface area contributed by atoms with E-state index in [0.717, 1.165) is 10.9 Å². The van der Waals surface area contributed by atoms with Gasteiger partial charge in [0.1, 0.15) is 0 Å². The van der Waals surface area contributed by atoms with E-state index in [-0.39, 0.29) is 24.8 Å². The number of nitrogens with zero attached hydrogens (tertiary/aromatic N) is 1. The molecule has 86 valence electrons. The number of amides is 2. The molecule has 16 heavy (non-hydrogen) atoms. The third-order valence-corrected chi connectivity index (χ3v) is 1.91. The summed E-state index contributed by atoms with van der Waals surface area (Å²) >= 11 is 0. The van der Waals surface area contributed by atoms with Gasteiger partial charge in [0.15, 0.2) is 0 Å². The summed E-state index contributed by atoms with van der Waals surface area (Å²) in [4.78, 5) is 14.9. The van der Waals surface area contributed by atoms with Crippen LogP contribution in [0, 0.1) is 0 Å². The van der Waals surface area contributed by atoms with Gasteiger partial charge in [0.25, 0.3) is 0 Å². The molecule has 0 radical (unpaired) electrons. The van der Waals surface area contributed by atoms with Crippen LogP contribution in [0.2, 0.25) is 0 Å². The molecule has 0 fully saturated rings. The molecule has 0 atom stereocenters. The van der Waals surface area contributed by atoms with E-state index in [4.69, 9.17) is 5.73 Å². The zero-order valence-corrected chi connectivity index (χ0v) is 9.85. The number of halogens is 2. The Morgan fingerprint density at radius 3 is 2.56 bits per heavy atom. The molecule has 0 spiro atoms. The predicted octanol–water partition coefficient (Wildman–Crippen LogP) is 2.57. The summed E-state index contributed by atoms with van der Waals surface area (Å²) in [5.74, 6) is 0. The number of nitrogens with one attached hydrogen (secondary N) is 1. The smallest absolute Gasteiger partial charge is 0.316 e. The summed E-state index contributed by atoms with van der Waals surface area (Å²) in [5.41, 5.74) is 6.56. The maximum atomic E-state index is 10.7. The van der Waals surface area contributed by atoms with E-state index in [1.54, 1.807) is 12.3 Å². The van der Waals surface area contributed by atoms with Crippen molar-refractivity contribution in [2.75, 3.05) is 5.32 Å². The van der Waals surface area contributed by atoms with E-state index in [1.165, 1.54) is 0 Å². The van der Waals surface area contributed by atoms with Crippen LogP contribution in [0.5, 0.6) is 0 Å². The predicted molar refractivity (Wildman–Crippen MR) is 69.4 cm³/mol. The number of rotatable bonds is 1. The van der Waals surface area contributed by atoms with Crippen LogP contribution in [0.3, 0.4) is 0 Å². The van der Waals surface area contributed by atoms with Gasteiger partial charge < -0.3 is 11.1 Å². The quantitative estimate of drug-likeness (QED) is 0.827. The molecular weight excluding hydrogens is 249 g/mol. The lowest BCUT2D eigenvalue weighted by Gasteiger charge is -2.04. The molecule has 2 aromatic rings. The minimum absolute atomic E-state index is 0. The van der Waals surface area contributed by atoms with Crippen LogP contribution < -0.4 is 11.1 Å². The molecule has 1 heterocycles. The SMILES string of the molecule is Cl.Cl.NC(=O)Nc1ccnc2ccccc12. The number of benzene rings is 1. The molecule has 1 aromatic carbocycles. The van der Waals surface area contributed by atoms with Crippen molar-refractivity contribution in [3.05, 3.63) is 36.5 Å². The van der Waals surface area contributed by atoms with Crippen molar-refractivity contribution in [2.45, 2.75) is 0 Å². The molecule has 4 nitrogen and oxygen atoms in total. The van der Waals surface area contributed by atoms with Gasteiger partial charge in [0.2, 0.25) is 0 Å². The molecule has 0 aliphatic rings. The van der Waals surface area contributed by atoms with Crippen LogP contribution in [0.4, 0.5) is 10.5 Å². The average Bonchev–Trinajstić information content (AvgIpc) is 2.18. The zero-order valence-electron chi connectivity index (χ0n) is 8.21. The molecule has 0 unspecified atom stereocenters. The standard InChI is InChI=1S/C10H9N3O.2ClH/c11-10(14)13-9-5-6-12-8-4-2-1-3-7(8)9;;/h1-6H,(H3,11,12,13,14);2*1H. The number of hydrogen-bond acceptors (Lipinski definition) is 2.